The summed E-state index contributed by atoms with van der Waals surface area (Å²) in [7, 11) is 6.17. The summed E-state index contributed by atoms with van der Waals surface area (Å²) < 4.78 is 14.6. The van der Waals surface area contributed by atoms with Gasteiger partial charge in [-0.25, -0.2) is 4.79 Å². The fraction of sp³-hybridized carbons (Fsp3) is 0.382. The van der Waals surface area contributed by atoms with Gasteiger partial charge < -0.3 is 18.5 Å². The fourth-order valence-corrected chi connectivity index (χ4v) is 4.90. The Hall–Kier alpha value is -3.57. The highest BCUT2D eigenvalue weighted by Gasteiger charge is 2.33. The molecule has 1 heterocycles. The normalized spacial score (nSPS) is 12.4. The van der Waals surface area contributed by atoms with E-state index in [2.05, 4.69) is 80.4 Å². The third-order valence-electron chi connectivity index (χ3n) is 7.26. The molecule has 0 bridgehead atoms. The van der Waals surface area contributed by atoms with Gasteiger partial charge in [-0.2, -0.15) is 0 Å². The number of hydrogen-bond donors (Lipinski definition) is 0. The molecule has 39 heavy (non-hydrogen) atoms. The average Bonchev–Trinajstić information content (AvgIpc) is 3.34. The lowest BCUT2D eigenvalue weighted by atomic mass is 10.0. The number of benzene rings is 3. The second kappa shape index (κ2) is 14.0. The van der Waals surface area contributed by atoms with E-state index in [0.29, 0.717) is 24.1 Å². The highest BCUT2D eigenvalue weighted by atomic mass is 16.5. The van der Waals surface area contributed by atoms with Gasteiger partial charge in [-0.1, -0.05) is 79.9 Å². The van der Waals surface area contributed by atoms with Crippen molar-refractivity contribution >= 4 is 16.9 Å². The Balaban J connectivity index is 1.13. The van der Waals surface area contributed by atoms with Crippen LogP contribution in [0.1, 0.15) is 43.2 Å². The largest absolute Gasteiger partial charge is 0.489 e. The zero-order chi connectivity index (χ0) is 27.5. The Morgan fingerprint density at radius 2 is 1.46 bits per heavy atom. The van der Waals surface area contributed by atoms with Gasteiger partial charge in [0.15, 0.2) is 6.04 Å². The lowest BCUT2D eigenvalue weighted by molar-refractivity contribution is -0.887. The van der Waals surface area contributed by atoms with Crippen molar-refractivity contribution in [3.8, 4) is 5.75 Å². The summed E-state index contributed by atoms with van der Waals surface area (Å²) in [4.78, 5) is 12.8. The Labute approximate surface area is 233 Å². The number of quaternary nitrogens is 1. The molecule has 0 spiro atoms. The summed E-state index contributed by atoms with van der Waals surface area (Å²) >= 11 is 0. The van der Waals surface area contributed by atoms with Gasteiger partial charge in [0, 0.05) is 30.1 Å². The number of rotatable bonds is 15. The van der Waals surface area contributed by atoms with Crippen LogP contribution in [0.4, 0.5) is 0 Å². The first-order valence-corrected chi connectivity index (χ1v) is 14.2. The molecule has 0 aliphatic rings. The van der Waals surface area contributed by atoms with Gasteiger partial charge in [-0.15, -0.1) is 0 Å². The minimum absolute atomic E-state index is 0.0977. The predicted octanol–water partition coefficient (Wildman–Crippen LogP) is 7.03. The molecule has 0 aliphatic carbocycles. The molecule has 4 aromatic rings. The van der Waals surface area contributed by atoms with Crippen molar-refractivity contribution in [3.63, 3.8) is 0 Å². The molecule has 206 valence electrons. The number of carbonyl (C=O) groups excluding carboxylic acids is 1. The second-order valence-electron chi connectivity index (χ2n) is 11.3. The molecule has 0 amide bonds. The molecular formula is C34H43N2O3+. The van der Waals surface area contributed by atoms with Crippen molar-refractivity contribution in [1.29, 1.82) is 0 Å². The first-order chi connectivity index (χ1) is 18.9. The quantitative estimate of drug-likeness (QED) is 0.0946. The van der Waals surface area contributed by atoms with Crippen LogP contribution in [-0.2, 0) is 29.1 Å². The van der Waals surface area contributed by atoms with E-state index in [9.17, 15) is 4.79 Å². The standard InChI is InChI=1S/C34H43N2O3/c1-36(2,3)33(25-28-15-9-7-10-16-28)34(37)38-24-14-6-4-5-13-22-35-23-21-30-26-31(19-20-32(30)35)39-27-29-17-11-8-12-18-29/h7-12,15-21,23,26,33H,4-6,13-14,22,24-25,27H2,1-3H3/q+1. The lowest BCUT2D eigenvalue weighted by Gasteiger charge is -2.32. The first-order valence-electron chi connectivity index (χ1n) is 14.2. The molecule has 0 radical (unpaired) electrons. The van der Waals surface area contributed by atoms with E-state index in [0.717, 1.165) is 38.0 Å². The van der Waals surface area contributed by atoms with Crippen LogP contribution in [0.15, 0.2) is 91.1 Å². The summed E-state index contributed by atoms with van der Waals surface area (Å²) in [6.07, 6.45) is 8.31. The van der Waals surface area contributed by atoms with Crippen molar-refractivity contribution in [2.45, 2.75) is 57.7 Å². The van der Waals surface area contributed by atoms with E-state index in [1.807, 2.05) is 36.4 Å². The average molecular weight is 528 g/mol. The number of fused-ring (bicyclic) bond motifs is 1. The van der Waals surface area contributed by atoms with Crippen molar-refractivity contribution in [2.75, 3.05) is 27.7 Å². The molecule has 1 unspecified atom stereocenters. The van der Waals surface area contributed by atoms with E-state index in [4.69, 9.17) is 9.47 Å². The van der Waals surface area contributed by atoms with Crippen LogP contribution in [0.3, 0.4) is 0 Å². The lowest BCUT2D eigenvalue weighted by Crippen LogP contribution is -2.51. The molecule has 4 rings (SSSR count). The zero-order valence-electron chi connectivity index (χ0n) is 23.7. The van der Waals surface area contributed by atoms with Gasteiger partial charge in [0.2, 0.25) is 0 Å². The maximum Gasteiger partial charge on any atom is 0.365 e. The SMILES string of the molecule is C[N+](C)(C)C(Cc1ccccc1)C(=O)OCCCCCCCn1ccc2cc(OCc3ccccc3)ccc21. The molecule has 0 aliphatic heterocycles. The van der Waals surface area contributed by atoms with Crippen molar-refractivity contribution in [2.24, 2.45) is 0 Å². The summed E-state index contributed by atoms with van der Waals surface area (Å²) in [6.45, 7) is 2.09. The number of aromatic nitrogens is 1. The molecule has 5 heteroatoms. The number of hydrogen-bond acceptors (Lipinski definition) is 3. The Morgan fingerprint density at radius 3 is 2.18 bits per heavy atom. The number of likely N-dealkylation sites (N-methyl/N-ethyl adjacent to an activating group) is 1. The Morgan fingerprint density at radius 1 is 0.795 bits per heavy atom. The molecule has 1 aromatic heterocycles. The summed E-state index contributed by atoms with van der Waals surface area (Å²) in [5, 5.41) is 1.21. The van der Waals surface area contributed by atoms with E-state index in [1.54, 1.807) is 0 Å². The van der Waals surface area contributed by atoms with Crippen molar-refractivity contribution in [1.82, 2.24) is 4.57 Å². The third-order valence-corrected chi connectivity index (χ3v) is 7.26. The number of aryl methyl sites for hydroxylation is 1. The molecule has 1 atom stereocenters. The van der Waals surface area contributed by atoms with Gasteiger partial charge >= 0.3 is 5.97 Å². The highest BCUT2D eigenvalue weighted by molar-refractivity contribution is 5.81. The molecule has 0 saturated heterocycles. The number of esters is 1. The van der Waals surface area contributed by atoms with Gasteiger partial charge in [0.1, 0.15) is 12.4 Å². The second-order valence-corrected chi connectivity index (χ2v) is 11.3. The van der Waals surface area contributed by atoms with Crippen LogP contribution in [0.2, 0.25) is 0 Å². The van der Waals surface area contributed by atoms with Crippen LogP contribution in [0.5, 0.6) is 5.75 Å². The fourth-order valence-electron chi connectivity index (χ4n) is 4.90. The van der Waals surface area contributed by atoms with E-state index in [1.165, 1.54) is 28.5 Å². The van der Waals surface area contributed by atoms with Gasteiger partial charge in [-0.05, 0) is 48.2 Å². The maximum atomic E-state index is 12.8. The van der Waals surface area contributed by atoms with Crippen LogP contribution in [0.25, 0.3) is 10.9 Å². The van der Waals surface area contributed by atoms with Crippen molar-refractivity contribution in [3.05, 3.63) is 102 Å². The van der Waals surface area contributed by atoms with Crippen molar-refractivity contribution < 1.29 is 18.8 Å². The van der Waals surface area contributed by atoms with Crippen LogP contribution >= 0.6 is 0 Å². The zero-order valence-corrected chi connectivity index (χ0v) is 23.7. The summed E-state index contributed by atoms with van der Waals surface area (Å²) in [6, 6.07) is 28.7. The van der Waals surface area contributed by atoms with Crippen LogP contribution in [-0.4, -0.2) is 48.8 Å². The van der Waals surface area contributed by atoms with Gasteiger partial charge in [0.05, 0.1) is 27.7 Å². The molecule has 3 aromatic carbocycles. The highest BCUT2D eigenvalue weighted by Crippen LogP contribution is 2.23. The summed E-state index contributed by atoms with van der Waals surface area (Å²) in [5.74, 6) is 0.803. The van der Waals surface area contributed by atoms with E-state index >= 15 is 0 Å². The molecular weight excluding hydrogens is 484 g/mol. The first kappa shape index (κ1) is 28.4. The number of carbonyl (C=O) groups is 1. The monoisotopic (exact) mass is 527 g/mol. The predicted molar refractivity (Wildman–Crippen MR) is 159 cm³/mol. The smallest absolute Gasteiger partial charge is 0.365 e. The van der Waals surface area contributed by atoms with E-state index in [-0.39, 0.29) is 12.0 Å². The minimum Gasteiger partial charge on any atom is -0.489 e. The third kappa shape index (κ3) is 8.72. The van der Waals surface area contributed by atoms with Gasteiger partial charge in [0.25, 0.3) is 0 Å². The molecule has 0 N–H and O–H groups in total. The Kier molecular flexibility index (Phi) is 10.2. The molecule has 0 saturated carbocycles. The topological polar surface area (TPSA) is 40.5 Å². The molecule has 5 nitrogen and oxygen atoms in total. The molecule has 0 fully saturated rings. The van der Waals surface area contributed by atoms with Crippen LogP contribution in [0, 0.1) is 0 Å². The van der Waals surface area contributed by atoms with Gasteiger partial charge in [-0.3, -0.25) is 0 Å². The summed E-state index contributed by atoms with van der Waals surface area (Å²) in [5.41, 5.74) is 3.58. The number of unbranched alkanes of at least 4 members (excludes halogenated alkanes) is 4. The number of ether oxygens (including phenoxy) is 2. The van der Waals surface area contributed by atoms with Crippen LogP contribution < -0.4 is 4.74 Å². The Bertz CT molecular complexity index is 1290. The number of nitrogens with zero attached hydrogens (tertiary/aromatic N) is 2. The minimum atomic E-state index is -0.199. The van der Waals surface area contributed by atoms with E-state index < -0.39 is 0 Å². The maximum absolute atomic E-state index is 12.8.